The first-order chi connectivity index (χ1) is 8.05. The third kappa shape index (κ3) is 9.50. The molecule has 0 saturated heterocycles. The molecule has 0 aliphatic rings. The average molecular weight is 256 g/mol. The van der Waals surface area contributed by atoms with Crippen LogP contribution in [0.5, 0.6) is 0 Å². The Bertz CT molecular complexity index is 217. The smallest absolute Gasteiger partial charge is 0.0683 e. The van der Waals surface area contributed by atoms with Crippen LogP contribution in [-0.2, 0) is 0 Å². The Morgan fingerprint density at radius 1 is 1.12 bits per heavy atom. The van der Waals surface area contributed by atoms with Gasteiger partial charge in [0, 0.05) is 12.3 Å². The fraction of sp³-hybridized carbons (Fsp3) is 0.929. The summed E-state index contributed by atoms with van der Waals surface area (Å²) >= 11 is 2.05. The van der Waals surface area contributed by atoms with E-state index in [2.05, 4.69) is 24.8 Å². The highest BCUT2D eigenvalue weighted by Crippen LogP contribution is 2.22. The van der Waals surface area contributed by atoms with Gasteiger partial charge in [-0.2, -0.15) is 17.0 Å². The summed E-state index contributed by atoms with van der Waals surface area (Å²) in [5, 5.41) is 8.89. The minimum Gasteiger partial charge on any atom is -0.303 e. The topological polar surface area (TPSA) is 27.0 Å². The normalized spacial score (nSPS) is 11.8. The van der Waals surface area contributed by atoms with E-state index in [0.717, 1.165) is 19.5 Å². The van der Waals surface area contributed by atoms with Crippen LogP contribution in [0.1, 0.15) is 47.0 Å². The van der Waals surface area contributed by atoms with Crippen molar-refractivity contribution in [3.8, 4) is 6.07 Å². The minimum absolute atomic E-state index is 0.133. The van der Waals surface area contributed by atoms with E-state index in [9.17, 15) is 0 Å². The summed E-state index contributed by atoms with van der Waals surface area (Å²) in [7, 11) is 0. The van der Waals surface area contributed by atoms with Crippen molar-refractivity contribution in [1.29, 1.82) is 5.26 Å². The van der Waals surface area contributed by atoms with Crippen molar-refractivity contribution in [1.82, 2.24) is 4.90 Å². The molecule has 0 rings (SSSR count). The molecule has 0 atom stereocenters. The van der Waals surface area contributed by atoms with Gasteiger partial charge in [0.2, 0.25) is 0 Å². The zero-order valence-electron chi connectivity index (χ0n) is 12.0. The summed E-state index contributed by atoms with van der Waals surface area (Å²) in [5.41, 5.74) is -0.133. The molecule has 17 heavy (non-hydrogen) atoms. The highest BCUT2D eigenvalue weighted by Gasteiger charge is 2.15. The second-order valence-corrected chi connectivity index (χ2v) is 6.32. The quantitative estimate of drug-likeness (QED) is 0.557. The maximum Gasteiger partial charge on any atom is 0.0683 e. The Morgan fingerprint density at radius 3 is 2.29 bits per heavy atom. The van der Waals surface area contributed by atoms with Gasteiger partial charge in [-0.05, 0) is 45.5 Å². The first-order valence-corrected chi connectivity index (χ1v) is 7.92. The summed E-state index contributed by atoms with van der Waals surface area (Å²) < 4.78 is 0. The van der Waals surface area contributed by atoms with Crippen molar-refractivity contribution in [3.05, 3.63) is 0 Å². The third-order valence-corrected chi connectivity index (χ3v) is 4.14. The highest BCUT2D eigenvalue weighted by atomic mass is 32.2. The minimum atomic E-state index is -0.133. The lowest BCUT2D eigenvalue weighted by Gasteiger charge is -2.17. The van der Waals surface area contributed by atoms with E-state index in [1.165, 1.54) is 30.9 Å². The molecule has 0 N–H and O–H groups in total. The van der Waals surface area contributed by atoms with E-state index in [0.29, 0.717) is 0 Å². The summed E-state index contributed by atoms with van der Waals surface area (Å²) in [6, 6.07) is 2.36. The van der Waals surface area contributed by atoms with E-state index >= 15 is 0 Å². The molecule has 0 amide bonds. The number of nitriles is 1. The summed E-state index contributed by atoms with van der Waals surface area (Å²) in [6.07, 6.45) is 3.45. The molecular formula is C14H28N2S. The molecule has 0 heterocycles. The zero-order chi connectivity index (χ0) is 13.1. The molecule has 0 aromatic rings. The number of unbranched alkanes of at least 4 members (excludes halogenated alkanes) is 1. The van der Waals surface area contributed by atoms with Gasteiger partial charge in [0.25, 0.3) is 0 Å². The maximum atomic E-state index is 8.89. The van der Waals surface area contributed by atoms with Gasteiger partial charge in [-0.15, -0.1) is 0 Å². The Morgan fingerprint density at radius 2 is 1.76 bits per heavy atom. The molecule has 0 aliphatic carbocycles. The molecule has 2 nitrogen and oxygen atoms in total. The van der Waals surface area contributed by atoms with Crippen molar-refractivity contribution < 1.29 is 0 Å². The predicted octanol–water partition coefficient (Wildman–Crippen LogP) is 3.78. The van der Waals surface area contributed by atoms with Crippen LogP contribution < -0.4 is 0 Å². The summed E-state index contributed by atoms with van der Waals surface area (Å²) in [5.74, 6) is 2.48. The van der Waals surface area contributed by atoms with Crippen LogP contribution in [0.2, 0.25) is 0 Å². The van der Waals surface area contributed by atoms with Crippen LogP contribution in [-0.4, -0.2) is 36.0 Å². The Balaban J connectivity index is 3.33. The largest absolute Gasteiger partial charge is 0.303 e. The lowest BCUT2D eigenvalue weighted by molar-refractivity contribution is 0.324. The van der Waals surface area contributed by atoms with Gasteiger partial charge < -0.3 is 4.90 Å². The number of thioether (sulfide) groups is 1. The Hall–Kier alpha value is -0.200. The monoisotopic (exact) mass is 256 g/mol. The first kappa shape index (κ1) is 16.8. The molecule has 0 spiro atoms. The lowest BCUT2D eigenvalue weighted by Crippen LogP contribution is -2.25. The molecule has 0 unspecified atom stereocenters. The van der Waals surface area contributed by atoms with Crippen molar-refractivity contribution in [3.63, 3.8) is 0 Å². The second kappa shape index (κ2) is 9.79. The molecule has 0 aromatic carbocycles. The van der Waals surface area contributed by atoms with Gasteiger partial charge in [0.1, 0.15) is 0 Å². The van der Waals surface area contributed by atoms with E-state index in [1.807, 2.05) is 25.6 Å². The number of nitrogens with zero attached hydrogens (tertiary/aromatic N) is 2. The van der Waals surface area contributed by atoms with Gasteiger partial charge in [0.15, 0.2) is 0 Å². The van der Waals surface area contributed by atoms with E-state index in [1.54, 1.807) is 0 Å². The zero-order valence-corrected chi connectivity index (χ0v) is 12.8. The van der Waals surface area contributed by atoms with Crippen molar-refractivity contribution in [2.75, 3.05) is 31.1 Å². The standard InChI is InChI=1S/C14H28N2S/c1-5-16(6-2)10-12-17-11-8-7-9-14(3,4)13-15/h5-12H2,1-4H3. The fourth-order valence-electron chi connectivity index (χ4n) is 1.66. The van der Waals surface area contributed by atoms with Crippen molar-refractivity contribution >= 4 is 11.8 Å². The predicted molar refractivity (Wildman–Crippen MR) is 78.4 cm³/mol. The number of hydrogen-bond donors (Lipinski definition) is 0. The molecule has 0 fully saturated rings. The van der Waals surface area contributed by atoms with Crippen LogP contribution in [0.3, 0.4) is 0 Å². The van der Waals surface area contributed by atoms with Gasteiger partial charge in [-0.25, -0.2) is 0 Å². The SMILES string of the molecule is CCN(CC)CCSCCCCC(C)(C)C#N. The Kier molecular flexibility index (Phi) is 9.68. The first-order valence-electron chi connectivity index (χ1n) is 6.77. The third-order valence-electron chi connectivity index (χ3n) is 3.09. The van der Waals surface area contributed by atoms with Crippen LogP contribution in [0.25, 0.3) is 0 Å². The van der Waals surface area contributed by atoms with Crippen LogP contribution >= 0.6 is 11.8 Å². The van der Waals surface area contributed by atoms with E-state index in [-0.39, 0.29) is 5.41 Å². The van der Waals surface area contributed by atoms with Crippen LogP contribution in [0.15, 0.2) is 0 Å². The summed E-state index contributed by atoms with van der Waals surface area (Å²) in [6.45, 7) is 12.0. The highest BCUT2D eigenvalue weighted by molar-refractivity contribution is 7.99. The van der Waals surface area contributed by atoms with Crippen molar-refractivity contribution in [2.45, 2.75) is 47.0 Å². The van der Waals surface area contributed by atoms with Gasteiger partial charge >= 0.3 is 0 Å². The molecule has 3 heteroatoms. The van der Waals surface area contributed by atoms with Crippen LogP contribution in [0.4, 0.5) is 0 Å². The van der Waals surface area contributed by atoms with E-state index < -0.39 is 0 Å². The molecule has 0 saturated carbocycles. The number of rotatable bonds is 10. The van der Waals surface area contributed by atoms with Gasteiger partial charge in [-0.3, -0.25) is 0 Å². The van der Waals surface area contributed by atoms with Crippen LogP contribution in [0, 0.1) is 16.7 Å². The lowest BCUT2D eigenvalue weighted by atomic mass is 9.89. The molecule has 0 aromatic heterocycles. The number of hydrogen-bond acceptors (Lipinski definition) is 3. The summed E-state index contributed by atoms with van der Waals surface area (Å²) in [4.78, 5) is 2.46. The second-order valence-electron chi connectivity index (χ2n) is 5.09. The average Bonchev–Trinajstić information content (AvgIpc) is 2.33. The fourth-order valence-corrected chi connectivity index (χ4v) is 2.66. The van der Waals surface area contributed by atoms with E-state index in [4.69, 9.17) is 5.26 Å². The molecule has 0 radical (unpaired) electrons. The molecule has 0 bridgehead atoms. The molecule has 0 aliphatic heterocycles. The molecular weight excluding hydrogens is 228 g/mol. The van der Waals surface area contributed by atoms with Gasteiger partial charge in [0.05, 0.1) is 11.5 Å². The van der Waals surface area contributed by atoms with Crippen molar-refractivity contribution in [2.24, 2.45) is 5.41 Å². The Labute approximate surface area is 112 Å². The van der Waals surface area contributed by atoms with Gasteiger partial charge in [-0.1, -0.05) is 20.3 Å². The maximum absolute atomic E-state index is 8.89. The molecule has 100 valence electrons.